The third kappa shape index (κ3) is 4.24. The highest BCUT2D eigenvalue weighted by Crippen LogP contribution is 2.23. The Morgan fingerprint density at radius 1 is 1.10 bits per heavy atom. The first-order valence-corrected chi connectivity index (χ1v) is 8.00. The SMILES string of the molecule is CCCCCc1ccc(C(=O)c2ccc(F)cc2)c(Br)c1. The highest BCUT2D eigenvalue weighted by molar-refractivity contribution is 9.10. The van der Waals surface area contributed by atoms with Gasteiger partial charge in [-0.2, -0.15) is 0 Å². The summed E-state index contributed by atoms with van der Waals surface area (Å²) < 4.78 is 13.7. The van der Waals surface area contributed by atoms with E-state index in [2.05, 4.69) is 22.9 Å². The van der Waals surface area contributed by atoms with E-state index in [1.807, 2.05) is 18.2 Å². The Hall–Kier alpha value is -1.48. The molecule has 1 nitrogen and oxygen atoms in total. The smallest absolute Gasteiger partial charge is 0.194 e. The van der Waals surface area contributed by atoms with Crippen LogP contribution in [0.25, 0.3) is 0 Å². The van der Waals surface area contributed by atoms with Crippen LogP contribution in [-0.4, -0.2) is 5.78 Å². The van der Waals surface area contributed by atoms with E-state index in [0.717, 1.165) is 17.3 Å². The summed E-state index contributed by atoms with van der Waals surface area (Å²) in [5.41, 5.74) is 2.34. The van der Waals surface area contributed by atoms with Crippen molar-refractivity contribution in [3.63, 3.8) is 0 Å². The monoisotopic (exact) mass is 348 g/mol. The van der Waals surface area contributed by atoms with E-state index in [1.54, 1.807) is 0 Å². The number of benzene rings is 2. The molecule has 2 aromatic rings. The van der Waals surface area contributed by atoms with E-state index in [9.17, 15) is 9.18 Å². The molecule has 0 N–H and O–H groups in total. The molecule has 21 heavy (non-hydrogen) atoms. The molecule has 0 bridgehead atoms. The first-order chi connectivity index (χ1) is 10.1. The molecule has 0 aliphatic heterocycles. The molecule has 0 aliphatic carbocycles. The van der Waals surface area contributed by atoms with Crippen LogP contribution in [0.1, 0.15) is 47.7 Å². The molecule has 2 aromatic carbocycles. The van der Waals surface area contributed by atoms with Gasteiger partial charge in [-0.1, -0.05) is 41.8 Å². The molecule has 0 unspecified atom stereocenters. The number of carbonyl (C=O) groups is 1. The Kier molecular flexibility index (Phi) is 5.68. The summed E-state index contributed by atoms with van der Waals surface area (Å²) >= 11 is 3.47. The topological polar surface area (TPSA) is 17.1 Å². The number of hydrogen-bond donors (Lipinski definition) is 0. The predicted octanol–water partition coefficient (Wildman–Crippen LogP) is 5.55. The Bertz CT molecular complexity index is 620. The van der Waals surface area contributed by atoms with E-state index in [-0.39, 0.29) is 11.6 Å². The second kappa shape index (κ2) is 7.51. The number of halogens is 2. The summed E-state index contributed by atoms with van der Waals surface area (Å²) in [5, 5.41) is 0. The molecule has 0 aliphatic rings. The van der Waals surface area contributed by atoms with Gasteiger partial charge in [0.2, 0.25) is 0 Å². The van der Waals surface area contributed by atoms with Crippen LogP contribution in [0.15, 0.2) is 46.9 Å². The Morgan fingerprint density at radius 2 is 1.81 bits per heavy atom. The summed E-state index contributed by atoms with van der Waals surface area (Å²) in [5.74, 6) is -0.432. The van der Waals surface area contributed by atoms with Crippen molar-refractivity contribution in [1.29, 1.82) is 0 Å². The lowest BCUT2D eigenvalue weighted by Gasteiger charge is -2.07. The summed E-state index contributed by atoms with van der Waals surface area (Å²) in [6.45, 7) is 2.18. The van der Waals surface area contributed by atoms with Crippen LogP contribution in [0.4, 0.5) is 4.39 Å². The van der Waals surface area contributed by atoms with Crippen molar-refractivity contribution in [3.8, 4) is 0 Å². The van der Waals surface area contributed by atoms with Crippen LogP contribution in [0.3, 0.4) is 0 Å². The van der Waals surface area contributed by atoms with Gasteiger partial charge in [0.25, 0.3) is 0 Å². The number of hydrogen-bond acceptors (Lipinski definition) is 1. The van der Waals surface area contributed by atoms with Gasteiger partial charge in [0.1, 0.15) is 5.82 Å². The minimum atomic E-state index is -0.336. The molecule has 0 saturated carbocycles. The Balaban J connectivity index is 2.16. The molecule has 2 rings (SSSR count). The summed E-state index contributed by atoms with van der Waals surface area (Å²) in [4.78, 5) is 12.4. The molecule has 0 aromatic heterocycles. The van der Waals surface area contributed by atoms with Crippen molar-refractivity contribution in [1.82, 2.24) is 0 Å². The van der Waals surface area contributed by atoms with Crippen molar-refractivity contribution in [3.05, 3.63) is 69.4 Å². The van der Waals surface area contributed by atoms with Gasteiger partial charge >= 0.3 is 0 Å². The molecule has 110 valence electrons. The van der Waals surface area contributed by atoms with E-state index < -0.39 is 0 Å². The molecular weight excluding hydrogens is 331 g/mol. The fourth-order valence-electron chi connectivity index (χ4n) is 2.23. The lowest BCUT2D eigenvalue weighted by atomic mass is 10.00. The molecule has 0 radical (unpaired) electrons. The van der Waals surface area contributed by atoms with Gasteiger partial charge < -0.3 is 0 Å². The van der Waals surface area contributed by atoms with Crippen molar-refractivity contribution in [2.24, 2.45) is 0 Å². The van der Waals surface area contributed by atoms with Gasteiger partial charge in [-0.05, 0) is 54.8 Å². The fraction of sp³-hybridized carbons (Fsp3) is 0.278. The summed E-state index contributed by atoms with van der Waals surface area (Å²) in [6, 6.07) is 11.5. The average molecular weight is 349 g/mol. The number of unbranched alkanes of at least 4 members (excludes halogenated alkanes) is 2. The van der Waals surface area contributed by atoms with Crippen molar-refractivity contribution in [2.75, 3.05) is 0 Å². The third-order valence-electron chi connectivity index (χ3n) is 3.45. The van der Waals surface area contributed by atoms with Gasteiger partial charge in [0, 0.05) is 15.6 Å². The van der Waals surface area contributed by atoms with Crippen molar-refractivity contribution in [2.45, 2.75) is 32.6 Å². The maximum absolute atomic E-state index is 12.9. The van der Waals surface area contributed by atoms with Crippen LogP contribution < -0.4 is 0 Å². The van der Waals surface area contributed by atoms with Crippen LogP contribution in [0, 0.1) is 5.82 Å². The van der Waals surface area contributed by atoms with Gasteiger partial charge in [0.05, 0.1) is 0 Å². The lowest BCUT2D eigenvalue weighted by molar-refractivity contribution is 0.103. The van der Waals surface area contributed by atoms with Gasteiger partial charge in [-0.3, -0.25) is 4.79 Å². The highest BCUT2D eigenvalue weighted by Gasteiger charge is 2.13. The zero-order chi connectivity index (χ0) is 15.2. The van der Waals surface area contributed by atoms with Gasteiger partial charge in [0.15, 0.2) is 5.78 Å². The molecule has 0 spiro atoms. The Labute approximate surface area is 133 Å². The van der Waals surface area contributed by atoms with Crippen LogP contribution in [0.2, 0.25) is 0 Å². The number of aryl methyl sites for hydroxylation is 1. The van der Waals surface area contributed by atoms with Crippen LogP contribution in [-0.2, 0) is 6.42 Å². The summed E-state index contributed by atoms with van der Waals surface area (Å²) in [6.07, 6.45) is 4.60. The van der Waals surface area contributed by atoms with Crippen LogP contribution in [0.5, 0.6) is 0 Å². The number of ketones is 1. The van der Waals surface area contributed by atoms with E-state index in [0.29, 0.717) is 11.1 Å². The van der Waals surface area contributed by atoms with E-state index in [1.165, 1.54) is 42.7 Å². The van der Waals surface area contributed by atoms with Crippen molar-refractivity contribution >= 4 is 21.7 Å². The number of carbonyl (C=O) groups excluding carboxylic acids is 1. The molecule has 0 amide bonds. The number of rotatable bonds is 6. The fourth-order valence-corrected chi connectivity index (χ4v) is 2.84. The molecule has 0 atom stereocenters. The van der Waals surface area contributed by atoms with Gasteiger partial charge in [-0.25, -0.2) is 4.39 Å². The van der Waals surface area contributed by atoms with Crippen LogP contribution >= 0.6 is 15.9 Å². The normalized spacial score (nSPS) is 10.6. The second-order valence-corrected chi connectivity index (χ2v) is 5.96. The maximum atomic E-state index is 12.9. The maximum Gasteiger partial charge on any atom is 0.194 e. The highest BCUT2D eigenvalue weighted by atomic mass is 79.9. The second-order valence-electron chi connectivity index (χ2n) is 5.11. The van der Waals surface area contributed by atoms with Gasteiger partial charge in [-0.15, -0.1) is 0 Å². The van der Waals surface area contributed by atoms with E-state index >= 15 is 0 Å². The zero-order valence-electron chi connectivity index (χ0n) is 12.0. The molecule has 0 heterocycles. The minimum absolute atomic E-state index is 0.0954. The predicted molar refractivity (Wildman–Crippen MR) is 87.2 cm³/mol. The minimum Gasteiger partial charge on any atom is -0.289 e. The Morgan fingerprint density at radius 3 is 2.43 bits per heavy atom. The average Bonchev–Trinajstić information content (AvgIpc) is 2.48. The molecule has 0 saturated heterocycles. The first-order valence-electron chi connectivity index (χ1n) is 7.20. The lowest BCUT2D eigenvalue weighted by Crippen LogP contribution is -2.03. The van der Waals surface area contributed by atoms with E-state index in [4.69, 9.17) is 0 Å². The third-order valence-corrected chi connectivity index (χ3v) is 4.11. The summed E-state index contributed by atoms with van der Waals surface area (Å²) in [7, 11) is 0. The zero-order valence-corrected chi connectivity index (χ0v) is 13.6. The molecular formula is C18H18BrFO. The largest absolute Gasteiger partial charge is 0.289 e. The molecule has 3 heteroatoms. The van der Waals surface area contributed by atoms with Crippen molar-refractivity contribution < 1.29 is 9.18 Å². The molecule has 0 fully saturated rings. The standard InChI is InChI=1S/C18H18BrFO/c1-2-3-4-5-13-6-11-16(17(19)12-13)18(21)14-7-9-15(20)10-8-14/h6-12H,2-5H2,1H3. The quantitative estimate of drug-likeness (QED) is 0.493. The first kappa shape index (κ1) is 15.9.